The monoisotopic (exact) mass is 293 g/mol. The number of hydrogen-bond acceptors (Lipinski definition) is 3. The van der Waals surface area contributed by atoms with Gasteiger partial charge in [-0.3, -0.25) is 9.59 Å². The van der Waals surface area contributed by atoms with Crippen LogP contribution in [0.1, 0.15) is 17.5 Å². The first-order valence-electron chi connectivity index (χ1n) is 6.68. The van der Waals surface area contributed by atoms with Crippen molar-refractivity contribution in [1.82, 2.24) is 4.90 Å². The van der Waals surface area contributed by atoms with Crippen molar-refractivity contribution in [3.8, 4) is 0 Å². The van der Waals surface area contributed by atoms with Gasteiger partial charge >= 0.3 is 5.97 Å². The molecule has 1 aromatic rings. The number of carboxylic acids is 1. The molecule has 0 aliphatic carbocycles. The molecular weight excluding hydrogens is 274 g/mol. The van der Waals surface area contributed by atoms with E-state index in [1.54, 1.807) is 4.90 Å². The van der Waals surface area contributed by atoms with Crippen molar-refractivity contribution in [1.29, 1.82) is 0 Å². The van der Waals surface area contributed by atoms with Gasteiger partial charge < -0.3 is 10.0 Å². The minimum absolute atomic E-state index is 0.0275. The van der Waals surface area contributed by atoms with Crippen molar-refractivity contribution >= 4 is 23.6 Å². The molecule has 0 bridgehead atoms. The van der Waals surface area contributed by atoms with Gasteiger partial charge in [0.1, 0.15) is 0 Å². The third kappa shape index (κ3) is 3.54. The summed E-state index contributed by atoms with van der Waals surface area (Å²) in [7, 11) is 0. The van der Waals surface area contributed by atoms with Gasteiger partial charge in [-0.1, -0.05) is 17.7 Å². The molecule has 1 N–H and O–H groups in total. The Bertz CT molecular complexity index is 530. The van der Waals surface area contributed by atoms with Gasteiger partial charge in [0, 0.05) is 18.0 Å². The summed E-state index contributed by atoms with van der Waals surface area (Å²) >= 11 is 1.53. The largest absolute Gasteiger partial charge is 0.481 e. The van der Waals surface area contributed by atoms with E-state index in [1.165, 1.54) is 22.9 Å². The van der Waals surface area contributed by atoms with Crippen molar-refractivity contribution in [2.24, 2.45) is 5.92 Å². The Morgan fingerprint density at radius 1 is 1.40 bits per heavy atom. The third-order valence-corrected chi connectivity index (χ3v) is 4.73. The predicted molar refractivity (Wildman–Crippen MR) is 79.0 cm³/mol. The first-order valence-corrected chi connectivity index (χ1v) is 7.66. The maximum absolute atomic E-state index is 12.1. The highest BCUT2D eigenvalue weighted by molar-refractivity contribution is 8.00. The van der Waals surface area contributed by atoms with E-state index in [0.717, 1.165) is 4.90 Å². The molecule has 2 rings (SSSR count). The van der Waals surface area contributed by atoms with Crippen molar-refractivity contribution in [3.63, 3.8) is 0 Å². The summed E-state index contributed by atoms with van der Waals surface area (Å²) in [5, 5.41) is 8.94. The van der Waals surface area contributed by atoms with Gasteiger partial charge in [0.15, 0.2) is 0 Å². The molecule has 1 aliphatic heterocycles. The lowest BCUT2D eigenvalue weighted by molar-refractivity contribution is -0.141. The number of carbonyl (C=O) groups is 2. The summed E-state index contributed by atoms with van der Waals surface area (Å²) in [6.07, 6.45) is 0.565. The number of thioether (sulfide) groups is 1. The second-order valence-electron chi connectivity index (χ2n) is 5.22. The zero-order chi connectivity index (χ0) is 14.7. The normalized spacial score (nSPS) is 18.3. The molecule has 1 atom stereocenters. The maximum Gasteiger partial charge on any atom is 0.308 e. The van der Waals surface area contributed by atoms with Crippen molar-refractivity contribution in [2.75, 3.05) is 18.8 Å². The first kappa shape index (κ1) is 14.9. The summed E-state index contributed by atoms with van der Waals surface area (Å²) in [5.41, 5.74) is 2.34. The van der Waals surface area contributed by atoms with Crippen LogP contribution < -0.4 is 0 Å². The van der Waals surface area contributed by atoms with Crippen LogP contribution in [0.3, 0.4) is 0 Å². The Kier molecular flexibility index (Phi) is 4.70. The Hall–Kier alpha value is -1.49. The number of rotatable bonds is 4. The van der Waals surface area contributed by atoms with Crippen LogP contribution in [0, 0.1) is 19.8 Å². The van der Waals surface area contributed by atoms with Gasteiger partial charge in [-0.2, -0.15) is 0 Å². The molecule has 108 valence electrons. The fraction of sp³-hybridized carbons (Fsp3) is 0.467. The molecular formula is C15H19NO3S. The standard InChI is InChI=1S/C15H19NO3S/c1-10-3-4-11(2)13(7-10)20-9-14(17)16-6-5-12(8-16)15(18)19/h3-4,7,12H,5-6,8-9H2,1-2H3,(H,18,19). The number of carboxylic acid groups (broad SMARTS) is 1. The predicted octanol–water partition coefficient (Wildman–Crippen LogP) is 2.33. The SMILES string of the molecule is Cc1ccc(C)c(SCC(=O)N2CCC(C(=O)O)C2)c1. The highest BCUT2D eigenvalue weighted by Gasteiger charge is 2.30. The molecule has 1 amide bonds. The van der Waals surface area contributed by atoms with Crippen LogP contribution in [0.2, 0.25) is 0 Å². The molecule has 5 heteroatoms. The van der Waals surface area contributed by atoms with E-state index in [9.17, 15) is 9.59 Å². The Morgan fingerprint density at radius 3 is 2.80 bits per heavy atom. The number of benzene rings is 1. The second kappa shape index (κ2) is 6.31. The van der Waals surface area contributed by atoms with E-state index in [0.29, 0.717) is 25.3 Å². The molecule has 0 aromatic heterocycles. The van der Waals surface area contributed by atoms with E-state index in [1.807, 2.05) is 13.8 Å². The average Bonchev–Trinajstić information content (AvgIpc) is 2.89. The van der Waals surface area contributed by atoms with E-state index in [2.05, 4.69) is 18.2 Å². The molecule has 0 spiro atoms. The van der Waals surface area contributed by atoms with Crippen LogP contribution in [0.15, 0.2) is 23.1 Å². The van der Waals surface area contributed by atoms with Gasteiger partial charge in [0.05, 0.1) is 11.7 Å². The number of nitrogens with zero attached hydrogens (tertiary/aromatic N) is 1. The number of aliphatic carboxylic acids is 1. The van der Waals surface area contributed by atoms with Gasteiger partial charge in [0.25, 0.3) is 0 Å². The fourth-order valence-electron chi connectivity index (χ4n) is 2.28. The quantitative estimate of drug-likeness (QED) is 0.866. The number of likely N-dealkylation sites (tertiary alicyclic amines) is 1. The van der Waals surface area contributed by atoms with Crippen LogP contribution in [-0.4, -0.2) is 40.7 Å². The van der Waals surface area contributed by atoms with E-state index >= 15 is 0 Å². The van der Waals surface area contributed by atoms with E-state index in [4.69, 9.17) is 5.11 Å². The molecule has 1 fully saturated rings. The summed E-state index contributed by atoms with van der Waals surface area (Å²) in [6.45, 7) is 4.97. The molecule has 1 unspecified atom stereocenters. The summed E-state index contributed by atoms with van der Waals surface area (Å²) in [6, 6.07) is 6.19. The Balaban J connectivity index is 1.90. The minimum Gasteiger partial charge on any atom is -0.481 e. The number of amides is 1. The second-order valence-corrected chi connectivity index (χ2v) is 6.24. The average molecular weight is 293 g/mol. The van der Waals surface area contributed by atoms with Crippen molar-refractivity contribution in [2.45, 2.75) is 25.2 Å². The van der Waals surface area contributed by atoms with Gasteiger partial charge in [0.2, 0.25) is 5.91 Å². The van der Waals surface area contributed by atoms with Gasteiger partial charge in [-0.05, 0) is 31.9 Å². The van der Waals surface area contributed by atoms with Gasteiger partial charge in [-0.25, -0.2) is 0 Å². The number of carbonyl (C=O) groups excluding carboxylic acids is 1. The molecule has 1 aromatic carbocycles. The van der Waals surface area contributed by atoms with Crippen molar-refractivity contribution < 1.29 is 14.7 Å². The Morgan fingerprint density at radius 2 is 2.15 bits per heavy atom. The number of aryl methyl sites for hydroxylation is 2. The van der Waals surface area contributed by atoms with E-state index < -0.39 is 11.9 Å². The first-order chi connectivity index (χ1) is 9.47. The van der Waals surface area contributed by atoms with Crippen molar-refractivity contribution in [3.05, 3.63) is 29.3 Å². The maximum atomic E-state index is 12.1. The lowest BCUT2D eigenvalue weighted by Crippen LogP contribution is -2.31. The zero-order valence-electron chi connectivity index (χ0n) is 11.8. The van der Waals surface area contributed by atoms with Crippen LogP contribution in [0.4, 0.5) is 0 Å². The topological polar surface area (TPSA) is 57.6 Å². The lowest BCUT2D eigenvalue weighted by atomic mass is 10.1. The lowest BCUT2D eigenvalue weighted by Gasteiger charge is -2.16. The van der Waals surface area contributed by atoms with Gasteiger partial charge in [-0.15, -0.1) is 11.8 Å². The molecule has 1 heterocycles. The van der Waals surface area contributed by atoms with Crippen LogP contribution in [0.25, 0.3) is 0 Å². The summed E-state index contributed by atoms with van der Waals surface area (Å²) in [5.74, 6) is -0.803. The highest BCUT2D eigenvalue weighted by atomic mass is 32.2. The summed E-state index contributed by atoms with van der Waals surface area (Å²) < 4.78 is 0. The smallest absolute Gasteiger partial charge is 0.308 e. The van der Waals surface area contributed by atoms with E-state index in [-0.39, 0.29) is 5.91 Å². The molecule has 0 radical (unpaired) electrons. The van der Waals surface area contributed by atoms with Crippen LogP contribution in [-0.2, 0) is 9.59 Å². The molecule has 1 aliphatic rings. The summed E-state index contributed by atoms with van der Waals surface area (Å²) in [4.78, 5) is 25.8. The highest BCUT2D eigenvalue weighted by Crippen LogP contribution is 2.25. The minimum atomic E-state index is -0.803. The Labute approximate surface area is 123 Å². The van der Waals surface area contributed by atoms with Crippen LogP contribution >= 0.6 is 11.8 Å². The van der Waals surface area contributed by atoms with Crippen LogP contribution in [0.5, 0.6) is 0 Å². The molecule has 20 heavy (non-hydrogen) atoms. The zero-order valence-corrected chi connectivity index (χ0v) is 12.6. The third-order valence-electron chi connectivity index (χ3n) is 3.58. The molecule has 1 saturated heterocycles. The molecule has 0 saturated carbocycles. The number of hydrogen-bond donors (Lipinski definition) is 1. The molecule has 4 nitrogen and oxygen atoms in total. The fourth-order valence-corrected chi connectivity index (χ4v) is 3.31.